The molecule has 2 rings (SSSR count). The Bertz CT molecular complexity index is 524. The van der Waals surface area contributed by atoms with Gasteiger partial charge in [0.05, 0.1) is 5.56 Å². The third-order valence-corrected chi connectivity index (χ3v) is 4.38. The molecule has 22 heavy (non-hydrogen) atoms. The maximum atomic E-state index is 12.2. The molecule has 0 aromatic heterocycles. The van der Waals surface area contributed by atoms with Crippen LogP contribution in [0.5, 0.6) is 0 Å². The molecule has 4 heteroatoms. The highest BCUT2D eigenvalue weighted by Gasteiger charge is 2.26. The molecule has 1 aromatic carbocycles. The summed E-state index contributed by atoms with van der Waals surface area (Å²) in [5.41, 5.74) is 1.55. The lowest BCUT2D eigenvalue weighted by Gasteiger charge is -2.30. The number of esters is 1. The van der Waals surface area contributed by atoms with Crippen molar-refractivity contribution in [2.75, 3.05) is 0 Å². The summed E-state index contributed by atoms with van der Waals surface area (Å²) >= 11 is 0. The minimum absolute atomic E-state index is 0.196. The Kier molecular flexibility index (Phi) is 5.58. The number of amides is 1. The third kappa shape index (κ3) is 4.33. The van der Waals surface area contributed by atoms with Crippen LogP contribution in [0.1, 0.15) is 55.5 Å². The van der Waals surface area contributed by atoms with Crippen molar-refractivity contribution in [1.82, 2.24) is 5.32 Å². The summed E-state index contributed by atoms with van der Waals surface area (Å²) in [6.45, 7) is 5.73. The number of benzene rings is 1. The van der Waals surface area contributed by atoms with Crippen LogP contribution in [0, 0.1) is 12.8 Å². The fourth-order valence-corrected chi connectivity index (χ4v) is 2.80. The van der Waals surface area contributed by atoms with Gasteiger partial charge in [0, 0.05) is 6.04 Å². The standard InChI is InChI=1S/C18H25NO3/c1-12-8-10-15(11-9-12)18(21)22-14(3)17(20)19-16-7-5-4-6-13(16)2/h8-11,13-14,16H,4-7H2,1-3H3,(H,19,20)/t13-,14+,16+/m0/s1. The van der Waals surface area contributed by atoms with Crippen LogP contribution in [0.15, 0.2) is 24.3 Å². The molecule has 0 heterocycles. The van der Waals surface area contributed by atoms with Crippen LogP contribution in [-0.2, 0) is 9.53 Å². The highest BCUT2D eigenvalue weighted by Crippen LogP contribution is 2.23. The zero-order valence-corrected chi connectivity index (χ0v) is 13.6. The summed E-state index contributed by atoms with van der Waals surface area (Å²) < 4.78 is 5.26. The van der Waals surface area contributed by atoms with Gasteiger partial charge < -0.3 is 10.1 Å². The van der Waals surface area contributed by atoms with Gasteiger partial charge >= 0.3 is 5.97 Å². The van der Waals surface area contributed by atoms with Crippen molar-refractivity contribution >= 4 is 11.9 Å². The summed E-state index contributed by atoms with van der Waals surface area (Å²) in [7, 11) is 0. The van der Waals surface area contributed by atoms with Crippen LogP contribution in [0.3, 0.4) is 0 Å². The first kappa shape index (κ1) is 16.5. The van der Waals surface area contributed by atoms with Crippen LogP contribution in [0.2, 0.25) is 0 Å². The Balaban J connectivity index is 1.87. The van der Waals surface area contributed by atoms with Crippen molar-refractivity contribution in [3.8, 4) is 0 Å². The van der Waals surface area contributed by atoms with Crippen LogP contribution in [-0.4, -0.2) is 24.0 Å². The maximum Gasteiger partial charge on any atom is 0.338 e. The normalized spacial score (nSPS) is 22.7. The van der Waals surface area contributed by atoms with E-state index in [0.717, 1.165) is 24.8 Å². The van der Waals surface area contributed by atoms with Crippen molar-refractivity contribution in [3.05, 3.63) is 35.4 Å². The summed E-state index contributed by atoms with van der Waals surface area (Å²) in [6.07, 6.45) is 3.75. The summed E-state index contributed by atoms with van der Waals surface area (Å²) in [5, 5.41) is 3.02. The molecule has 1 N–H and O–H groups in total. The van der Waals surface area contributed by atoms with Gasteiger partial charge in [0.25, 0.3) is 5.91 Å². The van der Waals surface area contributed by atoms with Gasteiger partial charge in [-0.05, 0) is 44.7 Å². The molecule has 0 unspecified atom stereocenters. The Hall–Kier alpha value is -1.84. The molecular weight excluding hydrogens is 278 g/mol. The predicted molar refractivity (Wildman–Crippen MR) is 85.6 cm³/mol. The fraction of sp³-hybridized carbons (Fsp3) is 0.556. The second kappa shape index (κ2) is 7.43. The average Bonchev–Trinajstić information content (AvgIpc) is 2.50. The molecule has 1 fully saturated rings. The van der Waals surface area contributed by atoms with Gasteiger partial charge in [-0.3, -0.25) is 4.79 Å². The summed E-state index contributed by atoms with van der Waals surface area (Å²) in [5.74, 6) is -0.184. The van der Waals surface area contributed by atoms with E-state index in [4.69, 9.17) is 4.74 Å². The largest absolute Gasteiger partial charge is 0.449 e. The molecule has 4 nitrogen and oxygen atoms in total. The van der Waals surface area contributed by atoms with E-state index in [0.29, 0.717) is 11.5 Å². The highest BCUT2D eigenvalue weighted by atomic mass is 16.5. The third-order valence-electron chi connectivity index (χ3n) is 4.38. The molecule has 0 aliphatic heterocycles. The number of carbonyl (C=O) groups excluding carboxylic acids is 2. The van der Waals surface area contributed by atoms with Crippen LogP contribution < -0.4 is 5.32 Å². The number of hydrogen-bond donors (Lipinski definition) is 1. The quantitative estimate of drug-likeness (QED) is 0.869. The molecule has 0 radical (unpaired) electrons. The number of carbonyl (C=O) groups is 2. The van der Waals surface area contributed by atoms with Crippen molar-refractivity contribution in [2.24, 2.45) is 5.92 Å². The van der Waals surface area contributed by atoms with E-state index in [1.807, 2.05) is 19.1 Å². The van der Waals surface area contributed by atoms with E-state index < -0.39 is 12.1 Å². The lowest BCUT2D eigenvalue weighted by atomic mass is 9.86. The van der Waals surface area contributed by atoms with Crippen molar-refractivity contribution < 1.29 is 14.3 Å². The van der Waals surface area contributed by atoms with Crippen molar-refractivity contribution in [2.45, 2.75) is 58.6 Å². The van der Waals surface area contributed by atoms with Crippen LogP contribution >= 0.6 is 0 Å². The van der Waals surface area contributed by atoms with Crippen LogP contribution in [0.25, 0.3) is 0 Å². The molecule has 3 atom stereocenters. The maximum absolute atomic E-state index is 12.2. The Morgan fingerprint density at radius 1 is 1.18 bits per heavy atom. The topological polar surface area (TPSA) is 55.4 Å². The molecule has 0 saturated heterocycles. The van der Waals surface area contributed by atoms with E-state index in [1.54, 1.807) is 19.1 Å². The molecule has 1 aliphatic carbocycles. The number of hydrogen-bond acceptors (Lipinski definition) is 3. The zero-order valence-electron chi connectivity index (χ0n) is 13.6. The minimum atomic E-state index is -0.775. The molecule has 1 aliphatic rings. The Labute approximate surface area is 132 Å². The van der Waals surface area contributed by atoms with Gasteiger partial charge in [-0.1, -0.05) is 37.5 Å². The number of rotatable bonds is 4. The first-order valence-corrected chi connectivity index (χ1v) is 8.05. The van der Waals surface area contributed by atoms with E-state index in [1.165, 1.54) is 6.42 Å². The smallest absolute Gasteiger partial charge is 0.338 e. The lowest BCUT2D eigenvalue weighted by Crippen LogP contribution is -2.45. The first-order chi connectivity index (χ1) is 10.5. The monoisotopic (exact) mass is 303 g/mol. The van der Waals surface area contributed by atoms with E-state index in [9.17, 15) is 9.59 Å². The van der Waals surface area contributed by atoms with Gasteiger partial charge in [-0.15, -0.1) is 0 Å². The summed E-state index contributed by atoms with van der Waals surface area (Å²) in [6, 6.07) is 7.33. The van der Waals surface area contributed by atoms with E-state index >= 15 is 0 Å². The minimum Gasteiger partial charge on any atom is -0.449 e. The SMILES string of the molecule is Cc1ccc(C(=O)O[C@H](C)C(=O)N[C@@H]2CCCC[C@@H]2C)cc1. The van der Waals surface area contributed by atoms with Crippen LogP contribution in [0.4, 0.5) is 0 Å². The second-order valence-corrected chi connectivity index (χ2v) is 6.29. The molecule has 0 spiro atoms. The number of aryl methyl sites for hydroxylation is 1. The second-order valence-electron chi connectivity index (χ2n) is 6.29. The highest BCUT2D eigenvalue weighted by molar-refractivity contribution is 5.92. The Morgan fingerprint density at radius 3 is 2.45 bits per heavy atom. The molecule has 120 valence electrons. The molecule has 1 aromatic rings. The van der Waals surface area contributed by atoms with Gasteiger partial charge in [-0.2, -0.15) is 0 Å². The van der Waals surface area contributed by atoms with Gasteiger partial charge in [0.15, 0.2) is 6.10 Å². The van der Waals surface area contributed by atoms with Crippen molar-refractivity contribution in [3.63, 3.8) is 0 Å². The molecule has 0 bridgehead atoms. The number of ether oxygens (including phenoxy) is 1. The average molecular weight is 303 g/mol. The van der Waals surface area contributed by atoms with E-state index in [-0.39, 0.29) is 11.9 Å². The van der Waals surface area contributed by atoms with E-state index in [2.05, 4.69) is 12.2 Å². The summed E-state index contributed by atoms with van der Waals surface area (Å²) in [4.78, 5) is 24.2. The Morgan fingerprint density at radius 2 is 1.82 bits per heavy atom. The predicted octanol–water partition coefficient (Wildman–Crippen LogP) is 3.24. The molecule has 1 saturated carbocycles. The fourth-order valence-electron chi connectivity index (χ4n) is 2.80. The zero-order chi connectivity index (χ0) is 16.1. The van der Waals surface area contributed by atoms with Gasteiger partial charge in [0.2, 0.25) is 0 Å². The van der Waals surface area contributed by atoms with Gasteiger partial charge in [-0.25, -0.2) is 4.79 Å². The van der Waals surface area contributed by atoms with Gasteiger partial charge in [0.1, 0.15) is 0 Å². The number of nitrogens with one attached hydrogen (secondary N) is 1. The lowest BCUT2D eigenvalue weighted by molar-refractivity contribution is -0.130. The molecular formula is C18H25NO3. The first-order valence-electron chi connectivity index (χ1n) is 8.05. The van der Waals surface area contributed by atoms with Crippen molar-refractivity contribution in [1.29, 1.82) is 0 Å². The molecule has 1 amide bonds.